The van der Waals surface area contributed by atoms with Gasteiger partial charge in [-0.1, -0.05) is 178 Å². The molecule has 280 valence electrons. The molecule has 0 amide bonds. The summed E-state index contributed by atoms with van der Waals surface area (Å²) in [5, 5.41) is 13.9. The van der Waals surface area contributed by atoms with Gasteiger partial charge in [0.2, 0.25) is 0 Å². The highest BCUT2D eigenvalue weighted by Gasteiger charge is 2.37. The van der Waals surface area contributed by atoms with Crippen LogP contribution >= 0.6 is 0 Å². The van der Waals surface area contributed by atoms with Crippen molar-refractivity contribution in [2.24, 2.45) is 4.99 Å². The number of aliphatic imine (C=N–C) groups is 1. The molecule has 0 unspecified atom stereocenters. The van der Waals surface area contributed by atoms with Crippen molar-refractivity contribution in [3.63, 3.8) is 0 Å². The summed E-state index contributed by atoms with van der Waals surface area (Å²) in [6.07, 6.45) is 7.46. The largest absolute Gasteiger partial charge is 0.300 e. The minimum atomic E-state index is -0.102. The summed E-state index contributed by atoms with van der Waals surface area (Å²) >= 11 is 0. The first-order valence-corrected chi connectivity index (χ1v) is 20.1. The van der Waals surface area contributed by atoms with Crippen LogP contribution in [-0.2, 0) is 5.41 Å². The number of nitrogens with zero attached hydrogens (tertiary/aromatic N) is 2. The Hall–Kier alpha value is -7.49. The SMILES string of the molecule is CC1(C)c2cccc(-c3cccc(-c4ccc(C=N/C(=C\C(=N)c5ccccc5)c5cccc(-c6cccnc6)c5)c5ccccc45)c3)c2-c2c1ccc1ccccc21. The third-order valence-corrected chi connectivity index (χ3v) is 11.9. The molecular weight excluding hydrogens is 715 g/mol. The highest BCUT2D eigenvalue weighted by molar-refractivity contribution is 6.12. The van der Waals surface area contributed by atoms with E-state index in [2.05, 4.69) is 158 Å². The molecule has 3 nitrogen and oxygen atoms in total. The first-order chi connectivity index (χ1) is 28.9. The molecule has 0 spiro atoms. The predicted molar refractivity (Wildman–Crippen MR) is 248 cm³/mol. The summed E-state index contributed by atoms with van der Waals surface area (Å²) in [7, 11) is 0. The second-order valence-corrected chi connectivity index (χ2v) is 15.8. The van der Waals surface area contributed by atoms with Crippen molar-refractivity contribution in [1.82, 2.24) is 4.98 Å². The maximum absolute atomic E-state index is 9.02. The van der Waals surface area contributed by atoms with Gasteiger partial charge in [-0.25, -0.2) is 0 Å². The zero-order valence-electron chi connectivity index (χ0n) is 33.0. The van der Waals surface area contributed by atoms with E-state index in [0.29, 0.717) is 11.4 Å². The van der Waals surface area contributed by atoms with Gasteiger partial charge in [0.15, 0.2) is 0 Å². The fourth-order valence-electron chi connectivity index (χ4n) is 8.89. The zero-order chi connectivity index (χ0) is 39.9. The summed E-state index contributed by atoms with van der Waals surface area (Å²) in [6, 6.07) is 64.3. The Balaban J connectivity index is 1.06. The van der Waals surface area contributed by atoms with Gasteiger partial charge in [0.05, 0.1) is 11.4 Å². The van der Waals surface area contributed by atoms with Gasteiger partial charge >= 0.3 is 0 Å². The second-order valence-electron chi connectivity index (χ2n) is 15.8. The minimum Gasteiger partial charge on any atom is -0.300 e. The van der Waals surface area contributed by atoms with Crippen LogP contribution in [0.2, 0.25) is 0 Å². The van der Waals surface area contributed by atoms with Crippen molar-refractivity contribution in [3.05, 3.63) is 228 Å². The van der Waals surface area contributed by atoms with Crippen molar-refractivity contribution in [2.75, 3.05) is 0 Å². The lowest BCUT2D eigenvalue weighted by molar-refractivity contribution is 0.661. The number of nitrogens with one attached hydrogen (secondary N) is 1. The lowest BCUT2D eigenvalue weighted by Gasteiger charge is -2.21. The molecule has 1 aliphatic carbocycles. The van der Waals surface area contributed by atoms with Crippen LogP contribution in [-0.4, -0.2) is 16.9 Å². The van der Waals surface area contributed by atoms with Crippen LogP contribution in [0.5, 0.6) is 0 Å². The van der Waals surface area contributed by atoms with E-state index in [4.69, 9.17) is 10.4 Å². The van der Waals surface area contributed by atoms with Crippen molar-refractivity contribution < 1.29 is 0 Å². The molecule has 0 fully saturated rings. The van der Waals surface area contributed by atoms with E-state index in [-0.39, 0.29) is 5.41 Å². The number of fused-ring (bicyclic) bond motifs is 6. The number of rotatable bonds is 8. The Labute approximate surface area is 345 Å². The standard InChI is InChI=1S/C56H41N3/c1-56(2)50-26-12-25-48(55(50)54-47-23-7-6-14-37(47)28-30-51(54)56)41-19-11-18-40(33-41)46-29-27-44(45-22-8-9-24-49(45)46)36-59-53(34-52(57)38-15-4-3-5-16-38)42-20-10-17-39(32-42)43-21-13-31-58-35-43/h3-36,57H,1-2H3/b53-34-,57-52?,59-36?. The fourth-order valence-corrected chi connectivity index (χ4v) is 8.89. The Morgan fingerprint density at radius 3 is 2.03 bits per heavy atom. The predicted octanol–water partition coefficient (Wildman–Crippen LogP) is 14.2. The number of allylic oxidation sites excluding steroid dienone is 1. The molecule has 0 atom stereocenters. The highest BCUT2D eigenvalue weighted by atomic mass is 14.7. The van der Waals surface area contributed by atoms with Crippen molar-refractivity contribution in [2.45, 2.75) is 19.3 Å². The third kappa shape index (κ3) is 6.47. The molecule has 3 heteroatoms. The van der Waals surface area contributed by atoms with Crippen molar-refractivity contribution in [3.8, 4) is 44.5 Å². The van der Waals surface area contributed by atoms with Crippen LogP contribution in [0.4, 0.5) is 0 Å². The second kappa shape index (κ2) is 14.8. The molecule has 0 aliphatic heterocycles. The van der Waals surface area contributed by atoms with Crippen LogP contribution in [0.1, 0.15) is 41.7 Å². The summed E-state index contributed by atoms with van der Waals surface area (Å²) in [6.45, 7) is 4.71. The monoisotopic (exact) mass is 755 g/mol. The molecule has 0 saturated heterocycles. The van der Waals surface area contributed by atoms with E-state index in [0.717, 1.165) is 38.6 Å². The third-order valence-electron chi connectivity index (χ3n) is 11.9. The summed E-state index contributed by atoms with van der Waals surface area (Å²) in [5.74, 6) is 0. The Bertz CT molecular complexity index is 3140. The van der Waals surface area contributed by atoms with Gasteiger partial charge in [-0.2, -0.15) is 0 Å². The maximum atomic E-state index is 9.02. The first kappa shape index (κ1) is 35.9. The minimum absolute atomic E-state index is 0.102. The van der Waals surface area contributed by atoms with Gasteiger partial charge in [-0.15, -0.1) is 0 Å². The van der Waals surface area contributed by atoms with E-state index in [9.17, 15) is 0 Å². The van der Waals surface area contributed by atoms with E-state index in [1.165, 1.54) is 55.3 Å². The maximum Gasteiger partial charge on any atom is 0.0723 e. The molecule has 1 N–H and O–H groups in total. The quantitative estimate of drug-likeness (QED) is 0.154. The lowest BCUT2D eigenvalue weighted by Crippen LogP contribution is -2.14. The van der Waals surface area contributed by atoms with Crippen LogP contribution in [0.15, 0.2) is 205 Å². The number of aromatic nitrogens is 1. The van der Waals surface area contributed by atoms with E-state index in [1.807, 2.05) is 61.0 Å². The van der Waals surface area contributed by atoms with Gasteiger partial charge in [-0.05, 0) is 101 Å². The highest BCUT2D eigenvalue weighted by Crippen LogP contribution is 2.54. The van der Waals surface area contributed by atoms with Gasteiger partial charge < -0.3 is 5.41 Å². The molecule has 1 aliphatic rings. The molecule has 59 heavy (non-hydrogen) atoms. The molecule has 1 aromatic heterocycles. The van der Waals surface area contributed by atoms with Gasteiger partial charge in [0.1, 0.15) is 0 Å². The molecule has 8 aromatic carbocycles. The van der Waals surface area contributed by atoms with Crippen LogP contribution in [0.25, 0.3) is 71.7 Å². The summed E-state index contributed by atoms with van der Waals surface area (Å²) < 4.78 is 0. The number of hydrogen-bond donors (Lipinski definition) is 1. The zero-order valence-corrected chi connectivity index (χ0v) is 33.0. The van der Waals surface area contributed by atoms with Crippen molar-refractivity contribution >= 4 is 39.2 Å². The average molecular weight is 756 g/mol. The summed E-state index contributed by atoms with van der Waals surface area (Å²) in [4.78, 5) is 9.47. The lowest BCUT2D eigenvalue weighted by atomic mass is 9.81. The first-order valence-electron chi connectivity index (χ1n) is 20.1. The van der Waals surface area contributed by atoms with Crippen LogP contribution < -0.4 is 0 Å². The molecule has 0 bridgehead atoms. The van der Waals surface area contributed by atoms with Gasteiger partial charge in [-0.3, -0.25) is 9.98 Å². The topological polar surface area (TPSA) is 49.1 Å². The van der Waals surface area contributed by atoms with E-state index < -0.39 is 0 Å². The molecule has 0 saturated carbocycles. The summed E-state index contributed by atoms with van der Waals surface area (Å²) in [5.41, 5.74) is 16.1. The Morgan fingerprint density at radius 1 is 0.525 bits per heavy atom. The van der Waals surface area contributed by atoms with E-state index >= 15 is 0 Å². The molecule has 9 aromatic rings. The molecule has 10 rings (SSSR count). The van der Waals surface area contributed by atoms with Gasteiger partial charge in [0.25, 0.3) is 0 Å². The molecule has 0 radical (unpaired) electrons. The number of benzene rings is 8. The Morgan fingerprint density at radius 2 is 1.20 bits per heavy atom. The van der Waals surface area contributed by atoms with Crippen LogP contribution in [0, 0.1) is 5.41 Å². The number of hydrogen-bond acceptors (Lipinski definition) is 3. The van der Waals surface area contributed by atoms with Crippen molar-refractivity contribution in [1.29, 1.82) is 5.41 Å². The van der Waals surface area contributed by atoms with Crippen LogP contribution in [0.3, 0.4) is 0 Å². The fraction of sp³-hybridized carbons (Fsp3) is 0.0536. The molecule has 1 heterocycles. The van der Waals surface area contributed by atoms with E-state index in [1.54, 1.807) is 6.20 Å². The normalized spacial score (nSPS) is 13.2. The molecular formula is C56H41N3. The number of pyridine rings is 1. The average Bonchev–Trinajstić information content (AvgIpc) is 3.54. The Kier molecular flexibility index (Phi) is 8.99. The smallest absolute Gasteiger partial charge is 0.0723 e. The van der Waals surface area contributed by atoms with Gasteiger partial charge in [0, 0.05) is 40.7 Å².